The van der Waals surface area contributed by atoms with Gasteiger partial charge in [0.2, 0.25) is 15.2 Å². The van der Waals surface area contributed by atoms with Crippen molar-refractivity contribution in [1.29, 1.82) is 0 Å². The lowest BCUT2D eigenvalue weighted by atomic mass is 10.1. The number of carbonyl (C=O) groups is 1. The van der Waals surface area contributed by atoms with Crippen molar-refractivity contribution < 1.29 is 18.1 Å². The van der Waals surface area contributed by atoms with Gasteiger partial charge in [0.1, 0.15) is 0 Å². The number of rotatable bonds is 8. The average molecular weight is 501 g/mol. The molecule has 174 valence electrons. The van der Waals surface area contributed by atoms with Gasteiger partial charge in [-0.1, -0.05) is 29.1 Å². The Morgan fingerprint density at radius 1 is 1.24 bits per heavy atom. The number of nitrogens with two attached hydrogens (primary N) is 1. The highest BCUT2D eigenvalue weighted by Gasteiger charge is 2.18. The van der Waals surface area contributed by atoms with Crippen LogP contribution in [0.25, 0.3) is 17.2 Å². The highest BCUT2D eigenvalue weighted by atomic mass is 32.2. The van der Waals surface area contributed by atoms with Crippen LogP contribution >= 0.6 is 11.8 Å². The Bertz CT molecular complexity index is 1500. The monoisotopic (exact) mass is 500 g/mol. The molecule has 3 N–H and O–H groups in total. The molecule has 2 aromatic heterocycles. The maximum Gasteiger partial charge on any atom is 0.270 e. The van der Waals surface area contributed by atoms with Gasteiger partial charge in [-0.3, -0.25) is 20.0 Å². The molecule has 0 amide bonds. The van der Waals surface area contributed by atoms with E-state index in [1.165, 1.54) is 41.1 Å². The molecule has 0 radical (unpaired) electrons. The minimum atomic E-state index is -3.81. The van der Waals surface area contributed by atoms with Gasteiger partial charge in [0.05, 0.1) is 27.0 Å². The predicted molar refractivity (Wildman–Crippen MR) is 121 cm³/mol. The van der Waals surface area contributed by atoms with Gasteiger partial charge in [-0.2, -0.15) is 4.98 Å². The number of Topliss-reactive ketones (excluding diaryl/α,β-unsaturated/α-hetero) is 1. The third-order valence-electron chi connectivity index (χ3n) is 4.70. The van der Waals surface area contributed by atoms with E-state index in [0.717, 1.165) is 11.8 Å². The summed E-state index contributed by atoms with van der Waals surface area (Å²) in [5.74, 6) is 0.0147. The Kier molecular flexibility index (Phi) is 6.23. The third kappa shape index (κ3) is 4.85. The quantitative estimate of drug-likeness (QED) is 0.156. The number of aromatic amines is 1. The van der Waals surface area contributed by atoms with Crippen LogP contribution in [0, 0.1) is 17.0 Å². The molecule has 0 aliphatic heterocycles. The van der Waals surface area contributed by atoms with Crippen LogP contribution in [0.4, 0.5) is 5.69 Å². The number of sulfonamides is 1. The molecule has 0 bridgehead atoms. The molecule has 2 heterocycles. The summed E-state index contributed by atoms with van der Waals surface area (Å²) in [5, 5.41) is 31.3. The van der Waals surface area contributed by atoms with Gasteiger partial charge in [-0.05, 0) is 31.2 Å². The molecule has 4 aromatic rings. The Morgan fingerprint density at radius 2 is 1.97 bits per heavy atom. The van der Waals surface area contributed by atoms with Gasteiger partial charge in [0.25, 0.3) is 5.69 Å². The van der Waals surface area contributed by atoms with E-state index in [-0.39, 0.29) is 27.7 Å². The number of nitrogens with one attached hydrogen (secondary N) is 1. The standard InChI is InChI=1S/C19H16N8O5S2/c1-11-17(22-25-26(11)13-5-7-15(8-6-13)34(20,31)32)18-21-19(24-23-18)33-10-16(28)12-3-2-4-14(9-12)27(29)30/h2-9H,10H2,1H3,(H2,20,31,32)(H,21,23,24). The van der Waals surface area contributed by atoms with Crippen LogP contribution < -0.4 is 5.14 Å². The number of hydrogen-bond donors (Lipinski definition) is 2. The summed E-state index contributed by atoms with van der Waals surface area (Å²) in [5.41, 5.74) is 1.67. The van der Waals surface area contributed by atoms with E-state index in [0.29, 0.717) is 28.1 Å². The molecule has 0 fully saturated rings. The molecule has 13 nitrogen and oxygen atoms in total. The number of nitro groups is 1. The smallest absolute Gasteiger partial charge is 0.270 e. The first-order valence-corrected chi connectivity index (χ1v) is 12.1. The van der Waals surface area contributed by atoms with E-state index in [1.54, 1.807) is 19.1 Å². The summed E-state index contributed by atoms with van der Waals surface area (Å²) in [6, 6.07) is 11.3. The van der Waals surface area contributed by atoms with E-state index in [2.05, 4.69) is 25.5 Å². The van der Waals surface area contributed by atoms with Gasteiger partial charge >= 0.3 is 0 Å². The maximum absolute atomic E-state index is 12.4. The Hall–Kier alpha value is -3.95. The number of ketones is 1. The van der Waals surface area contributed by atoms with Crippen LogP contribution in [0.2, 0.25) is 0 Å². The first-order chi connectivity index (χ1) is 16.1. The number of aromatic nitrogens is 6. The zero-order chi connectivity index (χ0) is 24.5. The molecule has 0 atom stereocenters. The van der Waals surface area contributed by atoms with Crippen LogP contribution in [0.1, 0.15) is 16.1 Å². The highest BCUT2D eigenvalue weighted by molar-refractivity contribution is 7.99. The second-order valence-electron chi connectivity index (χ2n) is 6.96. The largest absolute Gasteiger partial charge is 0.293 e. The maximum atomic E-state index is 12.4. The first kappa shape index (κ1) is 23.2. The third-order valence-corrected chi connectivity index (χ3v) is 6.48. The molecule has 0 aliphatic carbocycles. The van der Waals surface area contributed by atoms with Crippen molar-refractivity contribution in [2.45, 2.75) is 17.0 Å². The van der Waals surface area contributed by atoms with Crippen LogP contribution in [-0.4, -0.2) is 55.1 Å². The number of carbonyl (C=O) groups excluding carboxylic acids is 1. The number of H-pyrrole nitrogens is 1. The predicted octanol–water partition coefficient (Wildman–Crippen LogP) is 1.89. The average Bonchev–Trinajstić information content (AvgIpc) is 3.43. The minimum Gasteiger partial charge on any atom is -0.293 e. The molecule has 0 spiro atoms. The molecule has 0 aliphatic rings. The summed E-state index contributed by atoms with van der Waals surface area (Å²) in [6.07, 6.45) is 0. The number of thioether (sulfide) groups is 1. The topological polar surface area (TPSA) is 193 Å². The summed E-state index contributed by atoms with van der Waals surface area (Å²) in [4.78, 5) is 27.0. The number of nitro benzene ring substituents is 1. The number of hydrogen-bond acceptors (Lipinski definition) is 10. The zero-order valence-electron chi connectivity index (χ0n) is 17.4. The van der Waals surface area contributed by atoms with E-state index in [4.69, 9.17) is 5.14 Å². The lowest BCUT2D eigenvalue weighted by Gasteiger charge is -2.04. The molecule has 0 saturated carbocycles. The van der Waals surface area contributed by atoms with E-state index >= 15 is 0 Å². The number of benzene rings is 2. The Labute approximate surface area is 196 Å². The van der Waals surface area contributed by atoms with E-state index in [9.17, 15) is 23.3 Å². The molecular formula is C19H16N8O5S2. The van der Waals surface area contributed by atoms with Crippen molar-refractivity contribution in [2.75, 3.05) is 5.75 Å². The number of primary sulfonamides is 1. The van der Waals surface area contributed by atoms with Crippen LogP contribution in [-0.2, 0) is 10.0 Å². The fourth-order valence-corrected chi connectivity index (χ4v) is 4.20. The van der Waals surface area contributed by atoms with Crippen LogP contribution in [0.3, 0.4) is 0 Å². The zero-order valence-corrected chi connectivity index (χ0v) is 19.1. The first-order valence-electron chi connectivity index (χ1n) is 9.52. The van der Waals surface area contributed by atoms with Crippen molar-refractivity contribution >= 4 is 33.3 Å². The Balaban J connectivity index is 1.47. The van der Waals surface area contributed by atoms with Crippen LogP contribution in [0.5, 0.6) is 0 Å². The molecule has 0 unspecified atom stereocenters. The second-order valence-corrected chi connectivity index (χ2v) is 9.46. The second kappa shape index (κ2) is 9.12. The SMILES string of the molecule is Cc1c(-c2nc(SCC(=O)c3cccc([N+](=O)[O-])c3)n[nH]2)nnn1-c1ccc(S(N)(=O)=O)cc1. The van der Waals surface area contributed by atoms with Crippen molar-refractivity contribution in [1.82, 2.24) is 30.2 Å². The minimum absolute atomic E-state index is 0.0134. The lowest BCUT2D eigenvalue weighted by Crippen LogP contribution is -2.12. The molecule has 15 heteroatoms. The molecular weight excluding hydrogens is 484 g/mol. The van der Waals surface area contributed by atoms with Crippen molar-refractivity contribution in [3.8, 4) is 17.2 Å². The summed E-state index contributed by atoms with van der Waals surface area (Å²) in [7, 11) is -3.81. The fourth-order valence-electron chi connectivity index (χ4n) is 2.99. The summed E-state index contributed by atoms with van der Waals surface area (Å²) in [6.45, 7) is 1.75. The fraction of sp³-hybridized carbons (Fsp3) is 0.105. The highest BCUT2D eigenvalue weighted by Crippen LogP contribution is 2.23. The number of nitrogens with zero attached hydrogens (tertiary/aromatic N) is 6. The van der Waals surface area contributed by atoms with Crippen molar-refractivity contribution in [3.05, 3.63) is 69.9 Å². The molecule has 2 aromatic carbocycles. The van der Waals surface area contributed by atoms with Crippen molar-refractivity contribution in [2.24, 2.45) is 5.14 Å². The van der Waals surface area contributed by atoms with Crippen molar-refractivity contribution in [3.63, 3.8) is 0 Å². The van der Waals surface area contributed by atoms with Gasteiger partial charge in [0, 0.05) is 17.7 Å². The molecule has 34 heavy (non-hydrogen) atoms. The Morgan fingerprint density at radius 3 is 2.65 bits per heavy atom. The lowest BCUT2D eigenvalue weighted by molar-refractivity contribution is -0.384. The molecule has 4 rings (SSSR count). The van der Waals surface area contributed by atoms with Gasteiger partial charge in [-0.25, -0.2) is 18.2 Å². The van der Waals surface area contributed by atoms with E-state index in [1.807, 2.05) is 0 Å². The van der Waals surface area contributed by atoms with Gasteiger partial charge < -0.3 is 0 Å². The summed E-state index contributed by atoms with van der Waals surface area (Å²) >= 11 is 1.07. The number of non-ortho nitro benzene ring substituents is 1. The van der Waals surface area contributed by atoms with Gasteiger partial charge in [-0.15, -0.1) is 10.2 Å². The molecule has 0 saturated heterocycles. The normalized spacial score (nSPS) is 11.5. The van der Waals surface area contributed by atoms with Crippen LogP contribution in [0.15, 0.2) is 58.6 Å². The van der Waals surface area contributed by atoms with Gasteiger partial charge in [0.15, 0.2) is 17.3 Å². The summed E-state index contributed by atoms with van der Waals surface area (Å²) < 4.78 is 24.4. The van der Waals surface area contributed by atoms with E-state index < -0.39 is 14.9 Å².